The Morgan fingerprint density at radius 2 is 2.00 bits per heavy atom. The van der Waals surface area contributed by atoms with Gasteiger partial charge in [-0.3, -0.25) is 0 Å². The summed E-state index contributed by atoms with van der Waals surface area (Å²) in [4.78, 5) is 3.98. The van der Waals surface area contributed by atoms with Gasteiger partial charge >= 0.3 is 0 Å². The van der Waals surface area contributed by atoms with Crippen molar-refractivity contribution in [1.29, 1.82) is 0 Å². The second kappa shape index (κ2) is 4.57. The molecule has 1 rings (SSSR count). The second-order valence-corrected chi connectivity index (χ2v) is 2.80. The monoisotopic (exact) mass is 193 g/mol. The predicted molar refractivity (Wildman–Crippen MR) is 58.8 cm³/mol. The number of thiocarbonyl (C=S) groups is 1. The second-order valence-electron chi connectivity index (χ2n) is 2.42. The molecule has 68 valence electrons. The van der Waals surface area contributed by atoms with Crippen molar-refractivity contribution in [2.24, 2.45) is 10.7 Å². The van der Waals surface area contributed by atoms with Crippen LogP contribution in [0.3, 0.4) is 0 Å². The van der Waals surface area contributed by atoms with E-state index in [1.807, 2.05) is 30.3 Å². The number of benzene rings is 1. The van der Waals surface area contributed by atoms with Gasteiger partial charge in [-0.05, 0) is 12.2 Å². The van der Waals surface area contributed by atoms with Crippen LogP contribution in [-0.2, 0) is 0 Å². The molecule has 0 radical (unpaired) electrons. The van der Waals surface area contributed by atoms with Crippen molar-refractivity contribution in [3.05, 3.63) is 35.9 Å². The number of aliphatic imine (C=N–C) groups is 1. The van der Waals surface area contributed by atoms with Gasteiger partial charge in [-0.15, -0.1) is 0 Å². The zero-order valence-corrected chi connectivity index (χ0v) is 8.14. The van der Waals surface area contributed by atoms with Gasteiger partial charge in [-0.1, -0.05) is 30.3 Å². The van der Waals surface area contributed by atoms with Crippen molar-refractivity contribution in [3.63, 3.8) is 0 Å². The predicted octanol–water partition coefficient (Wildman–Crippen LogP) is 0.896. The molecule has 0 aliphatic heterocycles. The Kier molecular flexibility index (Phi) is 3.40. The molecule has 0 amide bonds. The molecule has 1 aromatic carbocycles. The van der Waals surface area contributed by atoms with E-state index in [1.54, 1.807) is 7.05 Å². The molecule has 1 aromatic rings. The Bertz CT molecular complexity index is 319. The Morgan fingerprint density at radius 1 is 1.38 bits per heavy atom. The third kappa shape index (κ3) is 2.83. The number of amidine groups is 1. The van der Waals surface area contributed by atoms with Gasteiger partial charge in [0.05, 0.1) is 0 Å². The van der Waals surface area contributed by atoms with E-state index in [0.717, 1.165) is 5.56 Å². The number of hydrogen-bond donors (Lipinski definition) is 2. The average Bonchev–Trinajstić information content (AvgIpc) is 2.19. The molecule has 0 heterocycles. The molecule has 0 aromatic heterocycles. The third-order valence-electron chi connectivity index (χ3n) is 1.51. The molecule has 0 bridgehead atoms. The van der Waals surface area contributed by atoms with Gasteiger partial charge in [0.15, 0.2) is 5.11 Å². The van der Waals surface area contributed by atoms with E-state index >= 15 is 0 Å². The van der Waals surface area contributed by atoms with Gasteiger partial charge in [-0.2, -0.15) is 0 Å². The lowest BCUT2D eigenvalue weighted by Gasteiger charge is -2.00. The van der Waals surface area contributed by atoms with Gasteiger partial charge in [0.2, 0.25) is 0 Å². The Balaban J connectivity index is 2.85. The van der Waals surface area contributed by atoms with Crippen LogP contribution >= 0.6 is 12.2 Å². The van der Waals surface area contributed by atoms with Crippen LogP contribution in [0.1, 0.15) is 5.56 Å². The number of hydrogen-bond acceptors (Lipinski definition) is 1. The molecule has 0 atom stereocenters. The summed E-state index contributed by atoms with van der Waals surface area (Å²) >= 11 is 4.85. The van der Waals surface area contributed by atoms with Crippen molar-refractivity contribution in [2.45, 2.75) is 0 Å². The molecule has 0 unspecified atom stereocenters. The number of nitrogens with zero attached hydrogens (tertiary/aromatic N) is 1. The van der Waals surface area contributed by atoms with Gasteiger partial charge in [0, 0.05) is 12.6 Å². The van der Waals surface area contributed by atoms with Gasteiger partial charge < -0.3 is 11.1 Å². The summed E-state index contributed by atoms with van der Waals surface area (Å²) in [6.07, 6.45) is 0. The highest BCUT2D eigenvalue weighted by molar-refractivity contribution is 7.80. The molecule has 0 aliphatic rings. The van der Waals surface area contributed by atoms with E-state index in [-0.39, 0.29) is 0 Å². The highest BCUT2D eigenvalue weighted by Gasteiger charge is 1.96. The molecule has 0 aliphatic carbocycles. The first-order valence-corrected chi connectivity index (χ1v) is 4.26. The van der Waals surface area contributed by atoms with E-state index in [2.05, 4.69) is 10.3 Å². The quantitative estimate of drug-likeness (QED) is 0.396. The molecule has 13 heavy (non-hydrogen) atoms. The summed E-state index contributed by atoms with van der Waals surface area (Å²) in [7, 11) is 1.71. The highest BCUT2D eigenvalue weighted by atomic mass is 32.1. The lowest BCUT2D eigenvalue weighted by Crippen LogP contribution is -2.20. The van der Waals surface area contributed by atoms with Crippen LogP contribution in [0.2, 0.25) is 0 Å². The number of nitrogens with two attached hydrogens (primary N) is 1. The summed E-state index contributed by atoms with van der Waals surface area (Å²) in [6.45, 7) is 0. The topological polar surface area (TPSA) is 50.4 Å². The van der Waals surface area contributed by atoms with Crippen molar-refractivity contribution in [1.82, 2.24) is 5.32 Å². The Hall–Kier alpha value is -1.42. The van der Waals surface area contributed by atoms with Crippen molar-refractivity contribution < 1.29 is 0 Å². The molecule has 4 heteroatoms. The minimum atomic E-state index is 0.390. The molecule has 0 fully saturated rings. The van der Waals surface area contributed by atoms with Crippen molar-refractivity contribution in [2.75, 3.05) is 7.05 Å². The standard InChI is InChI=1S/C9H11N3S/c1-11-9(13)12-8(10)7-5-3-2-4-6-7/h2-6H,1H3,(H3,10,11,12,13). The molecule has 0 saturated carbocycles. The van der Waals surface area contributed by atoms with Crippen LogP contribution in [0.4, 0.5) is 0 Å². The lowest BCUT2D eigenvalue weighted by atomic mass is 10.2. The first-order valence-electron chi connectivity index (χ1n) is 3.85. The van der Waals surface area contributed by atoms with Crippen LogP contribution in [-0.4, -0.2) is 18.0 Å². The average molecular weight is 193 g/mol. The molecule has 0 saturated heterocycles. The van der Waals surface area contributed by atoms with Crippen LogP contribution in [0.5, 0.6) is 0 Å². The van der Waals surface area contributed by atoms with Gasteiger partial charge in [0.25, 0.3) is 0 Å². The van der Waals surface area contributed by atoms with Crippen LogP contribution < -0.4 is 11.1 Å². The van der Waals surface area contributed by atoms with E-state index in [1.165, 1.54) is 0 Å². The molecule has 0 spiro atoms. The first kappa shape index (κ1) is 9.67. The SMILES string of the molecule is CNC(=S)N=C(N)c1ccccc1. The fraction of sp³-hybridized carbons (Fsp3) is 0.111. The fourth-order valence-electron chi connectivity index (χ4n) is 0.839. The highest BCUT2D eigenvalue weighted by Crippen LogP contribution is 1.97. The first-order chi connectivity index (χ1) is 6.24. The number of nitrogens with one attached hydrogen (secondary N) is 1. The van der Waals surface area contributed by atoms with Crippen LogP contribution in [0.15, 0.2) is 35.3 Å². The van der Waals surface area contributed by atoms with Crippen molar-refractivity contribution >= 4 is 23.2 Å². The molecule has 3 N–H and O–H groups in total. The van der Waals surface area contributed by atoms with Gasteiger partial charge in [-0.25, -0.2) is 4.99 Å². The third-order valence-corrected chi connectivity index (χ3v) is 1.80. The smallest absolute Gasteiger partial charge is 0.194 e. The maximum Gasteiger partial charge on any atom is 0.194 e. The summed E-state index contributed by atoms with van der Waals surface area (Å²) < 4.78 is 0. The zero-order valence-electron chi connectivity index (χ0n) is 7.32. The Labute approximate surface area is 82.7 Å². The van der Waals surface area contributed by atoms with E-state index in [4.69, 9.17) is 18.0 Å². The van der Waals surface area contributed by atoms with Crippen LogP contribution in [0.25, 0.3) is 0 Å². The Morgan fingerprint density at radius 3 is 2.54 bits per heavy atom. The largest absolute Gasteiger partial charge is 0.383 e. The zero-order chi connectivity index (χ0) is 9.68. The fourth-order valence-corrected chi connectivity index (χ4v) is 0.937. The van der Waals surface area contributed by atoms with Crippen LogP contribution in [0, 0.1) is 0 Å². The maximum atomic E-state index is 5.69. The van der Waals surface area contributed by atoms with E-state index in [0.29, 0.717) is 10.9 Å². The summed E-state index contributed by atoms with van der Waals surface area (Å²) in [5, 5.41) is 3.12. The number of rotatable bonds is 1. The summed E-state index contributed by atoms with van der Waals surface area (Å²) in [6, 6.07) is 9.50. The minimum absolute atomic E-state index is 0.390. The summed E-state index contributed by atoms with van der Waals surface area (Å²) in [5.74, 6) is 0.431. The normalized spacial score (nSPS) is 11.0. The molecular formula is C9H11N3S. The lowest BCUT2D eigenvalue weighted by molar-refractivity contribution is 1.18. The summed E-state index contributed by atoms with van der Waals surface area (Å²) in [5.41, 5.74) is 6.57. The van der Waals surface area contributed by atoms with E-state index in [9.17, 15) is 0 Å². The van der Waals surface area contributed by atoms with Crippen molar-refractivity contribution in [3.8, 4) is 0 Å². The van der Waals surface area contributed by atoms with E-state index < -0.39 is 0 Å². The molecule has 3 nitrogen and oxygen atoms in total. The minimum Gasteiger partial charge on any atom is -0.383 e. The van der Waals surface area contributed by atoms with Gasteiger partial charge in [0.1, 0.15) is 5.84 Å². The maximum absolute atomic E-state index is 5.69. The molecular weight excluding hydrogens is 182 g/mol.